The fraction of sp³-hybridized carbons (Fsp3) is 0.286. The molecule has 0 saturated heterocycles. The second-order valence-corrected chi connectivity index (χ2v) is 4.94. The maximum atomic E-state index is 11.1. The van der Waals surface area contributed by atoms with Crippen molar-refractivity contribution in [3.8, 4) is 0 Å². The zero-order valence-electron chi connectivity index (χ0n) is 7.97. The van der Waals surface area contributed by atoms with Crippen LogP contribution in [0.25, 0.3) is 0 Å². The third-order valence-corrected chi connectivity index (χ3v) is 2.68. The standard InChI is InChI=1S/C7H10N4O3S/c1-15(13,14)4-3-10-6(2-5(8)12)11-7(4)9/h3H,2H2,1H3,(H2,8,12)(H2,9,10,11). The van der Waals surface area contributed by atoms with E-state index in [-0.39, 0.29) is 23.0 Å². The largest absolute Gasteiger partial charge is 0.383 e. The van der Waals surface area contributed by atoms with Crippen LogP contribution < -0.4 is 11.5 Å². The number of anilines is 1. The summed E-state index contributed by atoms with van der Waals surface area (Å²) in [6, 6.07) is 0. The van der Waals surface area contributed by atoms with Crippen molar-refractivity contribution in [3.63, 3.8) is 0 Å². The molecule has 1 aromatic rings. The van der Waals surface area contributed by atoms with Gasteiger partial charge < -0.3 is 11.5 Å². The molecule has 0 aliphatic carbocycles. The van der Waals surface area contributed by atoms with Crippen LogP contribution in [0.15, 0.2) is 11.1 Å². The minimum absolute atomic E-state index is 0.104. The molecule has 0 spiro atoms. The number of hydrogen-bond acceptors (Lipinski definition) is 6. The van der Waals surface area contributed by atoms with Gasteiger partial charge in [-0.05, 0) is 0 Å². The van der Waals surface area contributed by atoms with Crippen molar-refractivity contribution in [1.29, 1.82) is 0 Å². The fourth-order valence-corrected chi connectivity index (χ4v) is 1.62. The van der Waals surface area contributed by atoms with Gasteiger partial charge in [0.05, 0.1) is 12.6 Å². The van der Waals surface area contributed by atoms with E-state index in [1.807, 2.05) is 0 Å². The minimum Gasteiger partial charge on any atom is -0.383 e. The summed E-state index contributed by atoms with van der Waals surface area (Å²) in [6.07, 6.45) is 1.89. The molecular weight excluding hydrogens is 220 g/mol. The van der Waals surface area contributed by atoms with Crippen molar-refractivity contribution in [2.45, 2.75) is 11.3 Å². The second kappa shape index (κ2) is 3.81. The first-order valence-corrected chi connectivity index (χ1v) is 5.79. The zero-order valence-corrected chi connectivity index (χ0v) is 8.78. The van der Waals surface area contributed by atoms with Crippen LogP contribution >= 0.6 is 0 Å². The molecule has 1 rings (SSSR count). The van der Waals surface area contributed by atoms with E-state index in [9.17, 15) is 13.2 Å². The Bertz CT molecular complexity index is 497. The Morgan fingerprint density at radius 1 is 1.53 bits per heavy atom. The third-order valence-electron chi connectivity index (χ3n) is 1.56. The summed E-state index contributed by atoms with van der Waals surface area (Å²) in [7, 11) is -3.44. The maximum absolute atomic E-state index is 11.1. The van der Waals surface area contributed by atoms with Crippen molar-refractivity contribution in [2.24, 2.45) is 5.73 Å². The van der Waals surface area contributed by atoms with Crippen LogP contribution in [0.4, 0.5) is 5.82 Å². The normalized spacial score (nSPS) is 11.3. The van der Waals surface area contributed by atoms with Gasteiger partial charge >= 0.3 is 0 Å². The summed E-state index contributed by atoms with van der Waals surface area (Å²) in [6.45, 7) is 0. The molecule has 15 heavy (non-hydrogen) atoms. The summed E-state index contributed by atoms with van der Waals surface area (Å²) >= 11 is 0. The van der Waals surface area contributed by atoms with Crippen LogP contribution in [-0.4, -0.2) is 30.5 Å². The molecule has 4 N–H and O–H groups in total. The number of nitrogens with zero attached hydrogens (tertiary/aromatic N) is 2. The van der Waals surface area contributed by atoms with Crippen LogP contribution in [0.5, 0.6) is 0 Å². The molecule has 0 bridgehead atoms. The lowest BCUT2D eigenvalue weighted by Gasteiger charge is -2.03. The molecule has 0 fully saturated rings. The lowest BCUT2D eigenvalue weighted by molar-refractivity contribution is -0.117. The van der Waals surface area contributed by atoms with Gasteiger partial charge in [-0.1, -0.05) is 0 Å². The minimum atomic E-state index is -3.44. The van der Waals surface area contributed by atoms with E-state index in [4.69, 9.17) is 11.5 Å². The van der Waals surface area contributed by atoms with Crippen LogP contribution in [0.3, 0.4) is 0 Å². The summed E-state index contributed by atoms with van der Waals surface area (Å²) in [5.41, 5.74) is 10.3. The van der Waals surface area contributed by atoms with Gasteiger partial charge in [-0.3, -0.25) is 4.79 Å². The van der Waals surface area contributed by atoms with Gasteiger partial charge in [-0.2, -0.15) is 0 Å². The molecule has 0 unspecified atom stereocenters. The van der Waals surface area contributed by atoms with Gasteiger partial charge in [0.25, 0.3) is 0 Å². The topological polar surface area (TPSA) is 129 Å². The molecular formula is C7H10N4O3S. The SMILES string of the molecule is CS(=O)(=O)c1cnc(CC(N)=O)nc1N. The number of primary amides is 1. The lowest BCUT2D eigenvalue weighted by atomic mass is 10.4. The molecule has 1 aromatic heterocycles. The van der Waals surface area contributed by atoms with Gasteiger partial charge in [0.1, 0.15) is 16.5 Å². The predicted octanol–water partition coefficient (Wildman–Crippen LogP) is -1.51. The van der Waals surface area contributed by atoms with Crippen LogP contribution in [0.2, 0.25) is 0 Å². The number of sulfone groups is 1. The Morgan fingerprint density at radius 3 is 2.53 bits per heavy atom. The first-order valence-electron chi connectivity index (χ1n) is 3.90. The van der Waals surface area contributed by atoms with Gasteiger partial charge in [0.2, 0.25) is 5.91 Å². The number of amides is 1. The van der Waals surface area contributed by atoms with E-state index in [0.717, 1.165) is 12.5 Å². The molecule has 0 aliphatic rings. The summed E-state index contributed by atoms with van der Waals surface area (Å²) in [5.74, 6) is -0.683. The fourth-order valence-electron chi connectivity index (χ4n) is 0.949. The van der Waals surface area contributed by atoms with Crippen molar-refractivity contribution in [2.75, 3.05) is 12.0 Å². The number of nitrogens with two attached hydrogens (primary N) is 2. The molecule has 0 radical (unpaired) electrons. The quantitative estimate of drug-likeness (QED) is 0.649. The van der Waals surface area contributed by atoms with E-state index in [1.54, 1.807) is 0 Å². The van der Waals surface area contributed by atoms with Crippen molar-refractivity contribution < 1.29 is 13.2 Å². The van der Waals surface area contributed by atoms with Crippen molar-refractivity contribution in [1.82, 2.24) is 9.97 Å². The highest BCUT2D eigenvalue weighted by molar-refractivity contribution is 7.90. The highest BCUT2D eigenvalue weighted by atomic mass is 32.2. The average Bonchev–Trinajstić information content (AvgIpc) is 1.99. The Labute approximate surface area is 86.4 Å². The Balaban J connectivity index is 3.15. The maximum Gasteiger partial charge on any atom is 0.225 e. The van der Waals surface area contributed by atoms with Crippen LogP contribution in [0.1, 0.15) is 5.82 Å². The molecule has 0 atom stereocenters. The van der Waals surface area contributed by atoms with Gasteiger partial charge in [-0.25, -0.2) is 18.4 Å². The first kappa shape index (κ1) is 11.4. The van der Waals surface area contributed by atoms with Crippen LogP contribution in [-0.2, 0) is 21.1 Å². The van der Waals surface area contributed by atoms with E-state index in [2.05, 4.69) is 9.97 Å². The van der Waals surface area contributed by atoms with E-state index < -0.39 is 15.7 Å². The van der Waals surface area contributed by atoms with E-state index in [1.165, 1.54) is 0 Å². The second-order valence-electron chi connectivity index (χ2n) is 2.95. The summed E-state index contributed by atoms with van der Waals surface area (Å²) in [5, 5.41) is 0. The van der Waals surface area contributed by atoms with Crippen molar-refractivity contribution in [3.05, 3.63) is 12.0 Å². The number of carbonyl (C=O) groups is 1. The van der Waals surface area contributed by atoms with Crippen LogP contribution in [0, 0.1) is 0 Å². The number of carbonyl (C=O) groups excluding carboxylic acids is 1. The monoisotopic (exact) mass is 230 g/mol. The first-order chi connectivity index (χ1) is 6.80. The van der Waals surface area contributed by atoms with Gasteiger partial charge in [0.15, 0.2) is 9.84 Å². The zero-order chi connectivity index (χ0) is 11.6. The number of hydrogen-bond donors (Lipinski definition) is 2. The average molecular weight is 230 g/mol. The van der Waals surface area contributed by atoms with Gasteiger partial charge in [-0.15, -0.1) is 0 Å². The highest BCUT2D eigenvalue weighted by Gasteiger charge is 2.14. The summed E-state index contributed by atoms with van der Waals surface area (Å²) < 4.78 is 22.3. The molecule has 82 valence electrons. The Morgan fingerprint density at radius 2 is 2.13 bits per heavy atom. The molecule has 1 amide bonds. The Kier molecular flexibility index (Phi) is 2.89. The molecule has 0 saturated carbocycles. The lowest BCUT2D eigenvalue weighted by Crippen LogP contribution is -2.17. The van der Waals surface area contributed by atoms with Crippen molar-refractivity contribution >= 4 is 21.6 Å². The molecule has 7 nitrogen and oxygen atoms in total. The molecule has 0 aliphatic heterocycles. The molecule has 0 aromatic carbocycles. The van der Waals surface area contributed by atoms with Gasteiger partial charge in [0, 0.05) is 6.26 Å². The van der Waals surface area contributed by atoms with E-state index >= 15 is 0 Å². The number of nitrogen functional groups attached to an aromatic ring is 1. The highest BCUT2D eigenvalue weighted by Crippen LogP contribution is 2.14. The summed E-state index contributed by atoms with van der Waals surface area (Å²) in [4.78, 5) is 17.7. The Hall–Kier alpha value is -1.70. The smallest absolute Gasteiger partial charge is 0.225 e. The third kappa shape index (κ3) is 2.88. The molecule has 1 heterocycles. The number of aromatic nitrogens is 2. The predicted molar refractivity (Wildman–Crippen MR) is 52.5 cm³/mol. The molecule has 8 heteroatoms. The number of rotatable bonds is 3. The van der Waals surface area contributed by atoms with E-state index in [0.29, 0.717) is 0 Å².